The number of methoxy groups -OCH3 is 1. The zero-order chi connectivity index (χ0) is 15.0. The third kappa shape index (κ3) is 4.77. The number of nitrogens with zero attached hydrogens (tertiary/aromatic N) is 1. The fraction of sp³-hybridized carbons (Fsp3) is 0.692. The van der Waals surface area contributed by atoms with Gasteiger partial charge in [0, 0.05) is 20.3 Å². The van der Waals surface area contributed by atoms with Gasteiger partial charge in [-0.05, 0) is 19.3 Å². The van der Waals surface area contributed by atoms with Gasteiger partial charge in [0.25, 0.3) is 5.56 Å². The number of ether oxygens (including phenoxy) is 2. The summed E-state index contributed by atoms with van der Waals surface area (Å²) in [5.74, 6) is 0. The van der Waals surface area contributed by atoms with Crippen LogP contribution >= 0.6 is 11.6 Å². The van der Waals surface area contributed by atoms with Crippen LogP contribution in [0.25, 0.3) is 0 Å². The summed E-state index contributed by atoms with van der Waals surface area (Å²) >= 11 is 5.84. The van der Waals surface area contributed by atoms with Gasteiger partial charge in [0.15, 0.2) is 0 Å². The lowest BCUT2D eigenvalue weighted by atomic mass is 10.2. The van der Waals surface area contributed by atoms with Gasteiger partial charge < -0.3 is 9.47 Å². The van der Waals surface area contributed by atoms with Crippen LogP contribution in [0, 0.1) is 0 Å². The summed E-state index contributed by atoms with van der Waals surface area (Å²) in [5, 5.41) is 0.140. The predicted molar refractivity (Wildman–Crippen MR) is 77.6 cm³/mol. The van der Waals surface area contributed by atoms with E-state index in [0.717, 1.165) is 6.42 Å². The summed E-state index contributed by atoms with van der Waals surface area (Å²) in [5.41, 5.74) is -0.318. The van der Waals surface area contributed by atoms with E-state index in [1.807, 2.05) is 6.92 Å². The van der Waals surface area contributed by atoms with Crippen LogP contribution in [0.5, 0.6) is 0 Å². The Kier molecular flexibility index (Phi) is 7.58. The van der Waals surface area contributed by atoms with E-state index >= 15 is 0 Å². The molecule has 1 aromatic heterocycles. The van der Waals surface area contributed by atoms with Gasteiger partial charge >= 0.3 is 5.69 Å². The molecule has 0 fully saturated rings. The van der Waals surface area contributed by atoms with Gasteiger partial charge in [-0.1, -0.05) is 18.5 Å². The van der Waals surface area contributed by atoms with Crippen molar-refractivity contribution >= 4 is 11.6 Å². The van der Waals surface area contributed by atoms with Crippen molar-refractivity contribution in [3.8, 4) is 0 Å². The zero-order valence-corrected chi connectivity index (χ0v) is 12.7. The minimum Gasteiger partial charge on any atom is -0.382 e. The molecule has 0 aliphatic carbocycles. The molecular weight excluding hydrogens is 284 g/mol. The summed E-state index contributed by atoms with van der Waals surface area (Å²) in [6.45, 7) is 3.90. The van der Waals surface area contributed by atoms with Gasteiger partial charge in [0.05, 0.1) is 18.8 Å². The molecule has 0 unspecified atom stereocenters. The summed E-state index contributed by atoms with van der Waals surface area (Å²) in [7, 11) is 1.62. The van der Waals surface area contributed by atoms with Crippen LogP contribution in [0.15, 0.2) is 9.59 Å². The third-order valence-electron chi connectivity index (χ3n) is 2.94. The van der Waals surface area contributed by atoms with E-state index in [1.165, 1.54) is 4.57 Å². The molecule has 1 rings (SSSR count). The Labute approximate surface area is 122 Å². The Hall–Kier alpha value is -1.11. The first kappa shape index (κ1) is 16.9. The highest BCUT2D eigenvalue weighted by atomic mass is 35.5. The molecule has 1 aromatic rings. The topological polar surface area (TPSA) is 73.3 Å². The van der Waals surface area contributed by atoms with Crippen LogP contribution in [-0.2, 0) is 22.4 Å². The highest BCUT2D eigenvalue weighted by Gasteiger charge is 2.10. The van der Waals surface area contributed by atoms with E-state index in [9.17, 15) is 9.59 Å². The Morgan fingerprint density at radius 3 is 2.60 bits per heavy atom. The van der Waals surface area contributed by atoms with Crippen LogP contribution in [0.1, 0.15) is 25.3 Å². The number of aromatic nitrogens is 2. The van der Waals surface area contributed by atoms with Crippen LogP contribution in [0.2, 0.25) is 5.15 Å². The van der Waals surface area contributed by atoms with Gasteiger partial charge in [-0.25, -0.2) is 4.79 Å². The molecule has 0 saturated heterocycles. The molecule has 0 atom stereocenters. The van der Waals surface area contributed by atoms with Crippen LogP contribution in [-0.4, -0.2) is 36.5 Å². The molecule has 1 heterocycles. The first-order valence-corrected chi connectivity index (χ1v) is 7.07. The number of H-pyrrole nitrogens is 1. The average molecular weight is 305 g/mol. The summed E-state index contributed by atoms with van der Waals surface area (Å²) in [6, 6.07) is 0. The molecule has 1 N–H and O–H groups in total. The Bertz CT molecular complexity index is 524. The molecule has 0 aromatic carbocycles. The second-order valence-electron chi connectivity index (χ2n) is 4.35. The van der Waals surface area contributed by atoms with E-state index in [2.05, 4.69) is 4.98 Å². The van der Waals surface area contributed by atoms with Crippen molar-refractivity contribution in [1.29, 1.82) is 0 Å². The number of aromatic amines is 1. The molecule has 6 nitrogen and oxygen atoms in total. The maximum atomic E-state index is 12.1. The minimum absolute atomic E-state index is 0.140. The fourth-order valence-corrected chi connectivity index (χ4v) is 2.11. The summed E-state index contributed by atoms with van der Waals surface area (Å²) in [4.78, 5) is 26.3. The van der Waals surface area contributed by atoms with Crippen LogP contribution in [0.4, 0.5) is 0 Å². The normalized spacial score (nSPS) is 10.9. The maximum absolute atomic E-state index is 12.1. The molecule has 0 aliphatic heterocycles. The number of halogens is 1. The quantitative estimate of drug-likeness (QED) is 0.549. The largest absolute Gasteiger partial charge is 0.382 e. The lowest BCUT2D eigenvalue weighted by Crippen LogP contribution is -2.37. The molecule has 7 heteroatoms. The van der Waals surface area contributed by atoms with Crippen molar-refractivity contribution in [2.45, 2.75) is 32.7 Å². The zero-order valence-electron chi connectivity index (χ0n) is 11.9. The molecule has 0 radical (unpaired) electrons. The molecule has 0 saturated carbocycles. The maximum Gasteiger partial charge on any atom is 0.329 e. The Morgan fingerprint density at radius 1 is 1.20 bits per heavy atom. The van der Waals surface area contributed by atoms with Crippen molar-refractivity contribution in [3.05, 3.63) is 31.6 Å². The van der Waals surface area contributed by atoms with Crippen molar-refractivity contribution in [2.24, 2.45) is 0 Å². The lowest BCUT2D eigenvalue weighted by Gasteiger charge is -2.08. The molecule has 20 heavy (non-hydrogen) atoms. The monoisotopic (exact) mass is 304 g/mol. The highest BCUT2D eigenvalue weighted by Crippen LogP contribution is 2.06. The molecule has 0 spiro atoms. The number of hydrogen-bond acceptors (Lipinski definition) is 4. The number of unbranched alkanes of at least 4 members (excludes halogenated alkanes) is 1. The lowest BCUT2D eigenvalue weighted by molar-refractivity contribution is 0.0683. The predicted octanol–water partition coefficient (Wildman–Crippen LogP) is 1.20. The van der Waals surface area contributed by atoms with E-state index in [4.69, 9.17) is 21.1 Å². The van der Waals surface area contributed by atoms with Crippen molar-refractivity contribution in [2.75, 3.05) is 26.9 Å². The molecule has 0 amide bonds. The second kappa shape index (κ2) is 8.94. The Morgan fingerprint density at radius 2 is 1.95 bits per heavy atom. The SMILES string of the molecule is CCc1c(Cl)[nH]c(=O)n(CCCCOCCOC)c1=O. The summed E-state index contributed by atoms with van der Waals surface area (Å²) < 4.78 is 11.4. The van der Waals surface area contributed by atoms with E-state index in [1.54, 1.807) is 7.11 Å². The van der Waals surface area contributed by atoms with Crippen LogP contribution < -0.4 is 11.2 Å². The first-order valence-electron chi connectivity index (χ1n) is 6.70. The number of nitrogens with one attached hydrogen (secondary N) is 1. The standard InChI is InChI=1S/C13H21ClN2O4/c1-3-10-11(14)15-13(18)16(12(10)17)6-4-5-7-20-9-8-19-2/h3-9H2,1-2H3,(H,15,18). The average Bonchev–Trinajstić information content (AvgIpc) is 2.41. The molecule has 114 valence electrons. The Balaban J connectivity index is 2.52. The van der Waals surface area contributed by atoms with E-state index in [-0.39, 0.29) is 10.7 Å². The first-order chi connectivity index (χ1) is 9.61. The second-order valence-corrected chi connectivity index (χ2v) is 4.72. The smallest absolute Gasteiger partial charge is 0.329 e. The van der Waals surface area contributed by atoms with Gasteiger partial charge in [-0.3, -0.25) is 14.3 Å². The summed E-state index contributed by atoms with van der Waals surface area (Å²) in [6.07, 6.45) is 1.97. The molecular formula is C13H21ClN2O4. The number of rotatable bonds is 9. The van der Waals surface area contributed by atoms with Crippen LogP contribution in [0.3, 0.4) is 0 Å². The van der Waals surface area contributed by atoms with Crippen molar-refractivity contribution in [1.82, 2.24) is 9.55 Å². The van der Waals surface area contributed by atoms with E-state index in [0.29, 0.717) is 44.8 Å². The van der Waals surface area contributed by atoms with Gasteiger partial charge in [-0.15, -0.1) is 0 Å². The fourth-order valence-electron chi connectivity index (χ4n) is 1.81. The van der Waals surface area contributed by atoms with Crippen molar-refractivity contribution in [3.63, 3.8) is 0 Å². The van der Waals surface area contributed by atoms with Crippen molar-refractivity contribution < 1.29 is 9.47 Å². The number of hydrogen-bond donors (Lipinski definition) is 1. The third-order valence-corrected chi connectivity index (χ3v) is 3.26. The minimum atomic E-state index is -0.461. The van der Waals surface area contributed by atoms with Gasteiger partial charge in [0.2, 0.25) is 0 Å². The molecule has 0 bridgehead atoms. The highest BCUT2D eigenvalue weighted by molar-refractivity contribution is 6.30. The van der Waals surface area contributed by atoms with E-state index < -0.39 is 5.69 Å². The van der Waals surface area contributed by atoms with Gasteiger partial charge in [-0.2, -0.15) is 0 Å². The van der Waals surface area contributed by atoms with Gasteiger partial charge in [0.1, 0.15) is 5.15 Å². The molecule has 0 aliphatic rings.